The van der Waals surface area contributed by atoms with Crippen LogP contribution >= 0.6 is 0 Å². The molecule has 0 radical (unpaired) electrons. The van der Waals surface area contributed by atoms with Gasteiger partial charge in [0, 0.05) is 18.6 Å². The van der Waals surface area contributed by atoms with Gasteiger partial charge in [-0.05, 0) is 18.6 Å². The summed E-state index contributed by atoms with van der Waals surface area (Å²) < 4.78 is 16.5. The van der Waals surface area contributed by atoms with E-state index in [0.717, 1.165) is 0 Å². The Kier molecular flexibility index (Phi) is 5.78. The Hall–Kier alpha value is -3.55. The Morgan fingerprint density at radius 2 is 1.82 bits per heavy atom. The molecule has 8 nitrogen and oxygen atoms in total. The van der Waals surface area contributed by atoms with E-state index in [4.69, 9.17) is 19.3 Å². The van der Waals surface area contributed by atoms with Gasteiger partial charge in [-0.2, -0.15) is 0 Å². The van der Waals surface area contributed by atoms with E-state index in [1.54, 1.807) is 36.4 Å². The van der Waals surface area contributed by atoms with Crippen LogP contribution in [0.4, 0.5) is 0 Å². The van der Waals surface area contributed by atoms with E-state index >= 15 is 0 Å². The van der Waals surface area contributed by atoms with Crippen molar-refractivity contribution in [1.82, 2.24) is 9.97 Å². The molecule has 0 fully saturated rings. The zero-order chi connectivity index (χ0) is 20.1. The molecule has 1 heterocycles. The van der Waals surface area contributed by atoms with Crippen LogP contribution in [0.25, 0.3) is 22.3 Å². The average Bonchev–Trinajstić information content (AvgIpc) is 2.70. The standard InChI is InChI=1S/C20H20N2O6/c1-26-15-10-12(28-9-5-8-17(23)24)11-16(27-2)18(15)19-21-14-7-4-3-6-13(14)20(25)22-19/h3-4,6-7,10-11H,5,8-9H2,1-2H3,(H,23,24)(H,21,22,25). The summed E-state index contributed by atoms with van der Waals surface area (Å²) >= 11 is 0. The second-order valence-corrected chi connectivity index (χ2v) is 5.98. The predicted molar refractivity (Wildman–Crippen MR) is 103 cm³/mol. The fourth-order valence-corrected chi connectivity index (χ4v) is 2.82. The summed E-state index contributed by atoms with van der Waals surface area (Å²) in [6.45, 7) is 0.239. The minimum atomic E-state index is -0.875. The lowest BCUT2D eigenvalue weighted by atomic mass is 10.1. The molecule has 8 heteroatoms. The molecule has 0 unspecified atom stereocenters. The molecular weight excluding hydrogens is 364 g/mol. The number of aromatic amines is 1. The van der Waals surface area contributed by atoms with Crippen molar-refractivity contribution in [2.75, 3.05) is 20.8 Å². The Bertz CT molecular complexity index is 1030. The number of nitrogens with zero attached hydrogens (tertiary/aromatic N) is 1. The first-order valence-corrected chi connectivity index (χ1v) is 8.63. The van der Waals surface area contributed by atoms with Crippen molar-refractivity contribution in [3.63, 3.8) is 0 Å². The maximum absolute atomic E-state index is 12.4. The number of carboxylic acid groups (broad SMARTS) is 1. The van der Waals surface area contributed by atoms with Crippen LogP contribution in [0.5, 0.6) is 17.2 Å². The molecule has 0 bridgehead atoms. The number of aliphatic carboxylic acids is 1. The van der Waals surface area contributed by atoms with Crippen LogP contribution in [0.15, 0.2) is 41.2 Å². The quantitative estimate of drug-likeness (QED) is 0.575. The largest absolute Gasteiger partial charge is 0.496 e. The monoisotopic (exact) mass is 384 g/mol. The molecule has 3 rings (SSSR count). The summed E-state index contributed by atoms with van der Waals surface area (Å²) in [4.78, 5) is 30.3. The zero-order valence-electron chi connectivity index (χ0n) is 15.5. The minimum absolute atomic E-state index is 0.0224. The van der Waals surface area contributed by atoms with Crippen LogP contribution in [-0.4, -0.2) is 41.9 Å². The lowest BCUT2D eigenvalue weighted by Crippen LogP contribution is -2.10. The van der Waals surface area contributed by atoms with Crippen LogP contribution in [-0.2, 0) is 4.79 Å². The smallest absolute Gasteiger partial charge is 0.303 e. The topological polar surface area (TPSA) is 111 Å². The summed E-state index contributed by atoms with van der Waals surface area (Å²) in [7, 11) is 2.98. The van der Waals surface area contributed by atoms with Crippen LogP contribution in [0.2, 0.25) is 0 Å². The first-order valence-electron chi connectivity index (χ1n) is 8.63. The normalized spacial score (nSPS) is 10.6. The number of para-hydroxylation sites is 1. The number of carboxylic acids is 1. The van der Waals surface area contributed by atoms with Crippen molar-refractivity contribution in [1.29, 1.82) is 0 Å². The number of hydrogen-bond acceptors (Lipinski definition) is 6. The first kappa shape index (κ1) is 19.2. The van der Waals surface area contributed by atoms with Crippen molar-refractivity contribution in [3.8, 4) is 28.6 Å². The lowest BCUT2D eigenvalue weighted by Gasteiger charge is -2.15. The number of ether oxygens (including phenoxy) is 3. The van der Waals surface area contributed by atoms with Gasteiger partial charge >= 0.3 is 5.97 Å². The third-order valence-corrected chi connectivity index (χ3v) is 4.13. The number of methoxy groups -OCH3 is 2. The van der Waals surface area contributed by atoms with E-state index < -0.39 is 5.97 Å². The molecule has 0 amide bonds. The van der Waals surface area contributed by atoms with Crippen molar-refractivity contribution in [2.45, 2.75) is 12.8 Å². The molecular formula is C20H20N2O6. The Balaban J connectivity index is 2.01. The SMILES string of the molecule is COc1cc(OCCCC(=O)O)cc(OC)c1-c1nc2ccccc2c(=O)[nH]1. The van der Waals surface area contributed by atoms with Gasteiger partial charge in [-0.1, -0.05) is 12.1 Å². The van der Waals surface area contributed by atoms with Crippen LogP contribution in [0, 0.1) is 0 Å². The highest BCUT2D eigenvalue weighted by molar-refractivity contribution is 5.82. The van der Waals surface area contributed by atoms with Crippen LogP contribution < -0.4 is 19.8 Å². The summed E-state index contributed by atoms with van der Waals surface area (Å²) in [6.07, 6.45) is 0.399. The number of H-pyrrole nitrogens is 1. The van der Waals surface area contributed by atoms with Gasteiger partial charge in [-0.15, -0.1) is 0 Å². The van der Waals surface area contributed by atoms with Crippen molar-refractivity contribution in [2.24, 2.45) is 0 Å². The maximum atomic E-state index is 12.4. The number of aromatic nitrogens is 2. The van der Waals surface area contributed by atoms with E-state index in [1.807, 2.05) is 0 Å². The molecule has 0 spiro atoms. The van der Waals surface area contributed by atoms with E-state index in [0.29, 0.717) is 46.0 Å². The summed E-state index contributed by atoms with van der Waals surface area (Å²) in [5.41, 5.74) is 0.781. The second-order valence-electron chi connectivity index (χ2n) is 5.98. The molecule has 2 aromatic carbocycles. The minimum Gasteiger partial charge on any atom is -0.496 e. The predicted octanol–water partition coefficient (Wildman–Crippen LogP) is 2.85. The number of benzene rings is 2. The third-order valence-electron chi connectivity index (χ3n) is 4.13. The average molecular weight is 384 g/mol. The zero-order valence-corrected chi connectivity index (χ0v) is 15.5. The Morgan fingerprint density at radius 1 is 1.14 bits per heavy atom. The highest BCUT2D eigenvalue weighted by Crippen LogP contribution is 2.40. The number of rotatable bonds is 8. The molecule has 0 atom stereocenters. The molecule has 0 aliphatic carbocycles. The van der Waals surface area contributed by atoms with Gasteiger partial charge in [-0.25, -0.2) is 4.98 Å². The third kappa shape index (κ3) is 4.06. The fourth-order valence-electron chi connectivity index (χ4n) is 2.82. The molecule has 0 aliphatic rings. The van der Waals surface area contributed by atoms with Gasteiger partial charge in [0.05, 0.1) is 31.7 Å². The Labute approximate surface area is 160 Å². The molecule has 146 valence electrons. The molecule has 1 aromatic heterocycles. The summed E-state index contributed by atoms with van der Waals surface area (Å²) in [5, 5.41) is 9.19. The van der Waals surface area contributed by atoms with Crippen molar-refractivity contribution in [3.05, 3.63) is 46.8 Å². The molecule has 28 heavy (non-hydrogen) atoms. The van der Waals surface area contributed by atoms with E-state index in [9.17, 15) is 9.59 Å². The van der Waals surface area contributed by atoms with Gasteiger partial charge in [0.15, 0.2) is 0 Å². The van der Waals surface area contributed by atoms with E-state index in [1.165, 1.54) is 14.2 Å². The fraction of sp³-hybridized carbons (Fsp3) is 0.250. The number of nitrogens with one attached hydrogen (secondary N) is 1. The Morgan fingerprint density at radius 3 is 2.46 bits per heavy atom. The van der Waals surface area contributed by atoms with Gasteiger partial charge < -0.3 is 24.3 Å². The number of carbonyl (C=O) groups is 1. The highest BCUT2D eigenvalue weighted by atomic mass is 16.5. The molecule has 0 saturated heterocycles. The van der Waals surface area contributed by atoms with Gasteiger partial charge in [-0.3, -0.25) is 9.59 Å². The number of hydrogen-bond donors (Lipinski definition) is 2. The van der Waals surface area contributed by atoms with E-state index in [-0.39, 0.29) is 18.6 Å². The van der Waals surface area contributed by atoms with Gasteiger partial charge in [0.2, 0.25) is 0 Å². The summed E-state index contributed by atoms with van der Waals surface area (Å²) in [6, 6.07) is 10.3. The molecule has 0 aliphatic heterocycles. The van der Waals surface area contributed by atoms with Crippen molar-refractivity contribution < 1.29 is 24.1 Å². The molecule has 3 aromatic rings. The van der Waals surface area contributed by atoms with Crippen LogP contribution in [0.3, 0.4) is 0 Å². The maximum Gasteiger partial charge on any atom is 0.303 e. The van der Waals surface area contributed by atoms with Gasteiger partial charge in [0.1, 0.15) is 28.6 Å². The van der Waals surface area contributed by atoms with Crippen molar-refractivity contribution >= 4 is 16.9 Å². The number of fused-ring (bicyclic) bond motifs is 1. The highest BCUT2D eigenvalue weighted by Gasteiger charge is 2.18. The molecule has 0 saturated carbocycles. The van der Waals surface area contributed by atoms with Crippen LogP contribution in [0.1, 0.15) is 12.8 Å². The molecule has 2 N–H and O–H groups in total. The second kappa shape index (κ2) is 8.43. The van der Waals surface area contributed by atoms with E-state index in [2.05, 4.69) is 9.97 Å². The van der Waals surface area contributed by atoms with Gasteiger partial charge in [0.25, 0.3) is 5.56 Å². The first-order chi connectivity index (χ1) is 13.5. The lowest BCUT2D eigenvalue weighted by molar-refractivity contribution is -0.137. The summed E-state index contributed by atoms with van der Waals surface area (Å²) in [5.74, 6) is 0.721.